The molecule has 0 aromatic carbocycles. The number of carboxylic acids is 1. The molecule has 0 aliphatic rings. The van der Waals surface area contributed by atoms with Crippen LogP contribution in [0.4, 0.5) is 0 Å². The predicted molar refractivity (Wildman–Crippen MR) is 75.1 cm³/mol. The van der Waals surface area contributed by atoms with E-state index in [4.69, 9.17) is 5.11 Å². The molecule has 0 aliphatic carbocycles. The number of amides is 2. The first-order chi connectivity index (χ1) is 8.97. The van der Waals surface area contributed by atoms with Crippen molar-refractivity contribution < 1.29 is 19.5 Å². The van der Waals surface area contributed by atoms with Crippen molar-refractivity contribution in [2.75, 3.05) is 18.8 Å². The summed E-state index contributed by atoms with van der Waals surface area (Å²) in [6.07, 6.45) is 0.683. The van der Waals surface area contributed by atoms with E-state index in [1.165, 1.54) is 11.8 Å². The molecule has 2 N–H and O–H groups in total. The normalized spacial score (nSPS) is 13.4. The lowest BCUT2D eigenvalue weighted by atomic mass is 10.2. The van der Waals surface area contributed by atoms with Gasteiger partial charge in [-0.05, 0) is 32.9 Å². The van der Waals surface area contributed by atoms with Gasteiger partial charge in [-0.1, -0.05) is 0 Å². The fraction of sp³-hybridized carbons (Fsp3) is 0.750. The van der Waals surface area contributed by atoms with E-state index >= 15 is 0 Å². The minimum absolute atomic E-state index is 0.0604. The second-order valence-corrected chi connectivity index (χ2v) is 5.44. The van der Waals surface area contributed by atoms with Gasteiger partial charge < -0.3 is 15.3 Å². The Hall–Kier alpha value is -1.24. The fourth-order valence-corrected chi connectivity index (χ4v) is 2.60. The highest BCUT2D eigenvalue weighted by atomic mass is 32.2. The van der Waals surface area contributed by atoms with Gasteiger partial charge in [0.05, 0.1) is 5.25 Å². The molecule has 0 bridgehead atoms. The molecule has 0 aromatic rings. The number of carboxylic acid groups (broad SMARTS) is 1. The Kier molecular flexibility index (Phi) is 9.03. The monoisotopic (exact) mass is 290 g/mol. The molecule has 6 nitrogen and oxygen atoms in total. The van der Waals surface area contributed by atoms with Gasteiger partial charge in [0.2, 0.25) is 12.3 Å². The van der Waals surface area contributed by atoms with Gasteiger partial charge in [0.15, 0.2) is 0 Å². The minimum atomic E-state index is -1.06. The Morgan fingerprint density at radius 2 is 1.95 bits per heavy atom. The largest absolute Gasteiger partial charge is 0.480 e. The van der Waals surface area contributed by atoms with Crippen LogP contribution in [-0.4, -0.2) is 58.4 Å². The number of carbonyl (C=O) groups excluding carboxylic acids is 2. The quantitative estimate of drug-likeness (QED) is 0.574. The Morgan fingerprint density at radius 1 is 1.37 bits per heavy atom. The van der Waals surface area contributed by atoms with Crippen LogP contribution in [0.15, 0.2) is 0 Å². The van der Waals surface area contributed by atoms with Crippen molar-refractivity contribution in [3.8, 4) is 0 Å². The van der Waals surface area contributed by atoms with Crippen LogP contribution in [0.3, 0.4) is 0 Å². The SMILES string of the molecule is CCN(CC)C(=O)C(C)SCCC(NC=O)C(=O)O. The maximum atomic E-state index is 12.0. The average Bonchev–Trinajstić information content (AvgIpc) is 2.38. The molecule has 0 radical (unpaired) electrons. The first kappa shape index (κ1) is 17.8. The van der Waals surface area contributed by atoms with E-state index in [1.54, 1.807) is 4.90 Å². The third-order valence-electron chi connectivity index (χ3n) is 2.76. The molecule has 2 unspecified atom stereocenters. The average molecular weight is 290 g/mol. The molecule has 7 heteroatoms. The van der Waals surface area contributed by atoms with E-state index in [9.17, 15) is 14.4 Å². The van der Waals surface area contributed by atoms with Crippen molar-refractivity contribution in [2.45, 2.75) is 38.5 Å². The molecule has 2 atom stereocenters. The van der Waals surface area contributed by atoms with Gasteiger partial charge >= 0.3 is 5.97 Å². The summed E-state index contributed by atoms with van der Waals surface area (Å²) < 4.78 is 0. The van der Waals surface area contributed by atoms with Gasteiger partial charge in [-0.25, -0.2) is 4.79 Å². The van der Waals surface area contributed by atoms with Crippen molar-refractivity contribution in [1.82, 2.24) is 10.2 Å². The van der Waals surface area contributed by atoms with E-state index in [-0.39, 0.29) is 11.2 Å². The third-order valence-corrected chi connectivity index (χ3v) is 3.94. The lowest BCUT2D eigenvalue weighted by Gasteiger charge is -2.22. The standard InChI is InChI=1S/C12H22N2O4S/c1-4-14(5-2)11(16)9(3)19-7-6-10(12(17)18)13-8-15/h8-10H,4-7H2,1-3H3,(H,13,15)(H,17,18). The summed E-state index contributed by atoms with van der Waals surface area (Å²) in [6, 6.07) is -0.888. The van der Waals surface area contributed by atoms with E-state index in [0.29, 0.717) is 31.7 Å². The molecule has 0 aliphatic heterocycles. The van der Waals surface area contributed by atoms with Gasteiger partial charge in [-0.3, -0.25) is 9.59 Å². The van der Waals surface area contributed by atoms with Crippen molar-refractivity contribution in [3.63, 3.8) is 0 Å². The molecule has 0 spiro atoms. The highest BCUT2D eigenvalue weighted by molar-refractivity contribution is 8.00. The molecule has 0 aromatic heterocycles. The number of nitrogens with zero attached hydrogens (tertiary/aromatic N) is 1. The van der Waals surface area contributed by atoms with E-state index < -0.39 is 12.0 Å². The highest BCUT2D eigenvalue weighted by Gasteiger charge is 2.20. The third kappa shape index (κ3) is 6.47. The molecule has 0 heterocycles. The van der Waals surface area contributed by atoms with Gasteiger partial charge in [-0.2, -0.15) is 0 Å². The van der Waals surface area contributed by atoms with Crippen LogP contribution in [0, 0.1) is 0 Å². The lowest BCUT2D eigenvalue weighted by Crippen LogP contribution is -2.38. The van der Waals surface area contributed by atoms with Crippen molar-refractivity contribution in [2.24, 2.45) is 0 Å². The number of rotatable bonds is 10. The number of carbonyl (C=O) groups is 3. The molecule has 110 valence electrons. The summed E-state index contributed by atoms with van der Waals surface area (Å²) in [5, 5.41) is 10.9. The fourth-order valence-electron chi connectivity index (χ4n) is 1.59. The van der Waals surface area contributed by atoms with Gasteiger partial charge in [0, 0.05) is 13.1 Å². The van der Waals surface area contributed by atoms with Crippen LogP contribution in [0.5, 0.6) is 0 Å². The molecular formula is C12H22N2O4S. The van der Waals surface area contributed by atoms with Crippen molar-refractivity contribution in [3.05, 3.63) is 0 Å². The van der Waals surface area contributed by atoms with Crippen molar-refractivity contribution in [1.29, 1.82) is 0 Å². The Labute approximate surface area is 117 Å². The molecule has 2 amide bonds. The summed E-state index contributed by atoms with van der Waals surface area (Å²) >= 11 is 1.40. The number of aliphatic carboxylic acids is 1. The zero-order valence-corrected chi connectivity index (χ0v) is 12.4. The van der Waals surface area contributed by atoms with Crippen molar-refractivity contribution >= 4 is 30.0 Å². The van der Waals surface area contributed by atoms with Crippen LogP contribution in [-0.2, 0) is 14.4 Å². The smallest absolute Gasteiger partial charge is 0.326 e. The first-order valence-corrected chi connectivity index (χ1v) is 7.35. The van der Waals surface area contributed by atoms with Crippen LogP contribution in [0.25, 0.3) is 0 Å². The first-order valence-electron chi connectivity index (χ1n) is 6.30. The van der Waals surface area contributed by atoms with Crippen LogP contribution >= 0.6 is 11.8 Å². The zero-order chi connectivity index (χ0) is 14.8. The summed E-state index contributed by atoms with van der Waals surface area (Å²) in [5.74, 6) is -0.493. The molecule has 0 rings (SSSR count). The molecule has 0 fully saturated rings. The second-order valence-electron chi connectivity index (χ2n) is 3.99. The highest BCUT2D eigenvalue weighted by Crippen LogP contribution is 2.15. The van der Waals surface area contributed by atoms with Gasteiger partial charge in [-0.15, -0.1) is 11.8 Å². The Bertz CT molecular complexity index is 308. The molecular weight excluding hydrogens is 268 g/mol. The zero-order valence-electron chi connectivity index (χ0n) is 11.6. The number of thioether (sulfide) groups is 1. The maximum absolute atomic E-state index is 12.0. The minimum Gasteiger partial charge on any atom is -0.480 e. The number of nitrogens with one attached hydrogen (secondary N) is 1. The Morgan fingerprint density at radius 3 is 2.37 bits per heavy atom. The van der Waals surface area contributed by atoms with E-state index in [0.717, 1.165) is 0 Å². The number of hydrogen-bond donors (Lipinski definition) is 2. The second kappa shape index (κ2) is 9.66. The predicted octanol–water partition coefficient (Wildman–Crippen LogP) is 0.566. The van der Waals surface area contributed by atoms with Gasteiger partial charge in [0.1, 0.15) is 6.04 Å². The topological polar surface area (TPSA) is 86.7 Å². The lowest BCUT2D eigenvalue weighted by molar-refractivity contribution is -0.140. The van der Waals surface area contributed by atoms with Crippen LogP contribution in [0.2, 0.25) is 0 Å². The molecule has 0 saturated carbocycles. The summed E-state index contributed by atoms with van der Waals surface area (Å²) in [5.41, 5.74) is 0. The summed E-state index contributed by atoms with van der Waals surface area (Å²) in [7, 11) is 0. The van der Waals surface area contributed by atoms with Crippen LogP contribution in [0.1, 0.15) is 27.2 Å². The molecule has 0 saturated heterocycles. The van der Waals surface area contributed by atoms with Gasteiger partial charge in [0.25, 0.3) is 0 Å². The van der Waals surface area contributed by atoms with E-state index in [1.807, 2.05) is 20.8 Å². The number of hydrogen-bond acceptors (Lipinski definition) is 4. The van der Waals surface area contributed by atoms with Crippen LogP contribution < -0.4 is 5.32 Å². The van der Waals surface area contributed by atoms with E-state index in [2.05, 4.69) is 5.32 Å². The summed E-state index contributed by atoms with van der Waals surface area (Å²) in [4.78, 5) is 34.7. The summed E-state index contributed by atoms with van der Waals surface area (Å²) in [6.45, 7) is 7.00. The maximum Gasteiger partial charge on any atom is 0.326 e. The Balaban J connectivity index is 4.14. The molecule has 19 heavy (non-hydrogen) atoms.